The molecule has 0 radical (unpaired) electrons. The number of hydrogen-bond donors (Lipinski definition) is 4. The van der Waals surface area contributed by atoms with Gasteiger partial charge in [-0.15, -0.1) is 0 Å². The fourth-order valence-corrected chi connectivity index (χ4v) is 1.35. The Bertz CT molecular complexity index is 633. The van der Waals surface area contributed by atoms with E-state index in [9.17, 15) is 29.4 Å². The van der Waals surface area contributed by atoms with Crippen LogP contribution in [-0.4, -0.2) is 43.9 Å². The number of hydrogen-bond acceptors (Lipinski definition) is 6. The zero-order chi connectivity index (χ0) is 16.9. The van der Waals surface area contributed by atoms with E-state index in [1.54, 1.807) is 0 Å². The highest BCUT2D eigenvalue weighted by molar-refractivity contribution is 6.39. The summed E-state index contributed by atoms with van der Waals surface area (Å²) in [4.78, 5) is 42.5. The molecule has 1 aromatic rings. The summed E-state index contributed by atoms with van der Waals surface area (Å²) in [6.45, 7) is 0. The van der Waals surface area contributed by atoms with Gasteiger partial charge in [-0.05, 0) is 0 Å². The van der Waals surface area contributed by atoms with Gasteiger partial charge in [-0.1, -0.05) is 24.3 Å². The predicted molar refractivity (Wildman–Crippen MR) is 72.9 cm³/mol. The van der Waals surface area contributed by atoms with Crippen molar-refractivity contribution in [2.75, 3.05) is 0 Å². The summed E-state index contributed by atoms with van der Waals surface area (Å²) in [7, 11) is 0. The molecule has 0 fully saturated rings. The van der Waals surface area contributed by atoms with E-state index in [2.05, 4.69) is 0 Å². The molecule has 0 aromatic heterocycles. The van der Waals surface area contributed by atoms with E-state index in [-0.39, 0.29) is 11.1 Å². The Labute approximate surface area is 123 Å². The molecule has 0 atom stereocenters. The van der Waals surface area contributed by atoms with Crippen molar-refractivity contribution in [1.82, 2.24) is 0 Å². The molecule has 0 saturated carbocycles. The standard InChI is InChI=1S/C14H10O8/c15-9(5-11(17)13(19)20)7-1-2-8(4-3-7)10(16)6-12(18)14(21)22/h1-6,15-16H,(H,19,20)(H,21,22)/b9-5-,10-6+. The van der Waals surface area contributed by atoms with Crippen LogP contribution in [0, 0.1) is 0 Å². The van der Waals surface area contributed by atoms with Gasteiger partial charge in [-0.2, -0.15) is 0 Å². The van der Waals surface area contributed by atoms with Crippen LogP contribution in [0.4, 0.5) is 0 Å². The highest BCUT2D eigenvalue weighted by Gasteiger charge is 2.12. The summed E-state index contributed by atoms with van der Waals surface area (Å²) in [5, 5.41) is 35.9. The number of aliphatic hydroxyl groups is 2. The lowest BCUT2D eigenvalue weighted by Gasteiger charge is -2.03. The highest BCUT2D eigenvalue weighted by atomic mass is 16.4. The van der Waals surface area contributed by atoms with Crippen LogP contribution in [0.15, 0.2) is 36.4 Å². The predicted octanol–water partition coefficient (Wildman–Crippen LogP) is 0.792. The van der Waals surface area contributed by atoms with Crippen molar-refractivity contribution in [3.63, 3.8) is 0 Å². The average Bonchev–Trinajstić information content (AvgIpc) is 2.46. The van der Waals surface area contributed by atoms with Crippen LogP contribution in [0.2, 0.25) is 0 Å². The first-order chi connectivity index (χ1) is 10.2. The van der Waals surface area contributed by atoms with Crippen molar-refractivity contribution in [3.8, 4) is 0 Å². The van der Waals surface area contributed by atoms with Gasteiger partial charge < -0.3 is 20.4 Å². The van der Waals surface area contributed by atoms with Gasteiger partial charge in [0.15, 0.2) is 0 Å². The minimum absolute atomic E-state index is 0.0933. The molecule has 0 aliphatic heterocycles. The first-order valence-corrected chi connectivity index (χ1v) is 5.69. The second-order valence-electron chi connectivity index (χ2n) is 3.98. The third-order valence-electron chi connectivity index (χ3n) is 2.43. The molecule has 0 unspecified atom stereocenters. The Morgan fingerprint density at radius 2 is 0.909 bits per heavy atom. The fraction of sp³-hybridized carbons (Fsp3) is 0. The van der Waals surface area contributed by atoms with Gasteiger partial charge in [0.2, 0.25) is 0 Å². The van der Waals surface area contributed by atoms with Crippen LogP contribution in [0.1, 0.15) is 11.1 Å². The molecular formula is C14H10O8. The molecule has 0 aliphatic carbocycles. The van der Waals surface area contributed by atoms with Crippen LogP contribution >= 0.6 is 0 Å². The summed E-state index contributed by atoms with van der Waals surface area (Å²) in [5.41, 5.74) is 0.187. The van der Waals surface area contributed by atoms with Gasteiger partial charge in [0.05, 0.1) is 0 Å². The molecule has 1 rings (SSSR count). The lowest BCUT2D eigenvalue weighted by atomic mass is 10.1. The van der Waals surface area contributed by atoms with Crippen LogP contribution < -0.4 is 0 Å². The molecule has 0 spiro atoms. The largest absolute Gasteiger partial charge is 0.507 e. The Morgan fingerprint density at radius 1 is 0.636 bits per heavy atom. The summed E-state index contributed by atoms with van der Waals surface area (Å²) >= 11 is 0. The Hall–Kier alpha value is -3.42. The van der Waals surface area contributed by atoms with E-state index in [0.29, 0.717) is 12.2 Å². The van der Waals surface area contributed by atoms with Crippen molar-refractivity contribution < 1.29 is 39.6 Å². The normalized spacial score (nSPS) is 11.8. The van der Waals surface area contributed by atoms with Crippen molar-refractivity contribution in [2.45, 2.75) is 0 Å². The molecule has 0 amide bonds. The minimum atomic E-state index is -1.73. The lowest BCUT2D eigenvalue weighted by molar-refractivity contribution is -0.146. The minimum Gasteiger partial charge on any atom is -0.507 e. The smallest absolute Gasteiger partial charge is 0.376 e. The highest BCUT2D eigenvalue weighted by Crippen LogP contribution is 2.17. The number of rotatable bonds is 6. The topological polar surface area (TPSA) is 149 Å². The zero-order valence-corrected chi connectivity index (χ0v) is 10.9. The molecular weight excluding hydrogens is 296 g/mol. The summed E-state index contributed by atoms with van der Waals surface area (Å²) in [6.07, 6.45) is 1.03. The van der Waals surface area contributed by atoms with E-state index < -0.39 is 35.0 Å². The Morgan fingerprint density at radius 3 is 1.14 bits per heavy atom. The van der Waals surface area contributed by atoms with E-state index in [1.165, 1.54) is 24.3 Å². The van der Waals surface area contributed by atoms with Crippen LogP contribution in [-0.2, 0) is 19.2 Å². The lowest BCUT2D eigenvalue weighted by Crippen LogP contribution is -2.09. The Balaban J connectivity index is 3.00. The monoisotopic (exact) mass is 306 g/mol. The third kappa shape index (κ3) is 4.30. The maximum absolute atomic E-state index is 10.9. The van der Waals surface area contributed by atoms with Crippen molar-refractivity contribution in [2.24, 2.45) is 0 Å². The van der Waals surface area contributed by atoms with Gasteiger partial charge in [0.25, 0.3) is 11.6 Å². The van der Waals surface area contributed by atoms with E-state index in [1.807, 2.05) is 0 Å². The molecule has 0 saturated heterocycles. The summed E-state index contributed by atoms with van der Waals surface area (Å²) in [5.74, 6) is -7.26. The quantitative estimate of drug-likeness (QED) is 0.342. The van der Waals surface area contributed by atoms with Gasteiger partial charge in [-0.25, -0.2) is 9.59 Å². The van der Waals surface area contributed by atoms with E-state index >= 15 is 0 Å². The molecule has 8 nitrogen and oxygen atoms in total. The molecule has 0 aliphatic rings. The second-order valence-corrected chi connectivity index (χ2v) is 3.98. The average molecular weight is 306 g/mol. The first-order valence-electron chi connectivity index (χ1n) is 5.69. The van der Waals surface area contributed by atoms with Gasteiger partial charge in [0.1, 0.15) is 11.5 Å². The molecule has 8 heteroatoms. The molecule has 0 heterocycles. The van der Waals surface area contributed by atoms with Gasteiger partial charge >= 0.3 is 11.9 Å². The molecule has 22 heavy (non-hydrogen) atoms. The molecule has 114 valence electrons. The maximum Gasteiger partial charge on any atom is 0.376 e. The third-order valence-corrected chi connectivity index (χ3v) is 2.43. The number of benzene rings is 1. The summed E-state index contributed by atoms with van der Waals surface area (Å²) < 4.78 is 0. The number of carboxylic acid groups (broad SMARTS) is 2. The van der Waals surface area contributed by atoms with E-state index in [4.69, 9.17) is 10.2 Å². The molecule has 1 aromatic carbocycles. The van der Waals surface area contributed by atoms with Crippen molar-refractivity contribution in [3.05, 3.63) is 47.5 Å². The zero-order valence-electron chi connectivity index (χ0n) is 10.9. The number of carbonyl (C=O) groups is 4. The molecule has 0 bridgehead atoms. The van der Waals surface area contributed by atoms with Crippen LogP contribution in [0.3, 0.4) is 0 Å². The number of carboxylic acids is 2. The van der Waals surface area contributed by atoms with E-state index in [0.717, 1.165) is 0 Å². The van der Waals surface area contributed by atoms with Crippen LogP contribution in [0.25, 0.3) is 11.5 Å². The summed E-state index contributed by atoms with van der Waals surface area (Å²) in [6, 6.07) is 4.97. The van der Waals surface area contributed by atoms with Gasteiger partial charge in [0, 0.05) is 23.3 Å². The number of carbonyl (C=O) groups excluding carboxylic acids is 2. The first kappa shape index (κ1) is 16.6. The maximum atomic E-state index is 10.9. The van der Waals surface area contributed by atoms with Gasteiger partial charge in [-0.3, -0.25) is 9.59 Å². The molecule has 4 N–H and O–H groups in total. The number of ketones is 2. The Kier molecular flexibility index (Phi) is 5.17. The fourth-order valence-electron chi connectivity index (χ4n) is 1.35. The second kappa shape index (κ2) is 6.84. The number of aliphatic hydroxyl groups excluding tert-OH is 2. The number of aliphatic carboxylic acids is 2. The SMILES string of the molecule is O=C(O)C(=O)/C=C(\O)c1ccc(/C(O)=C\C(=O)C(=O)O)cc1. The van der Waals surface area contributed by atoms with Crippen molar-refractivity contribution >= 4 is 35.0 Å². The van der Waals surface area contributed by atoms with Crippen molar-refractivity contribution in [1.29, 1.82) is 0 Å². The van der Waals surface area contributed by atoms with Crippen LogP contribution in [0.5, 0.6) is 0 Å².